The first-order valence-electron chi connectivity index (χ1n) is 8.99. The monoisotopic (exact) mass is 342 g/mol. The van der Waals surface area contributed by atoms with Crippen LogP contribution in [0.5, 0.6) is 5.75 Å². The molecule has 1 aromatic carbocycles. The van der Waals surface area contributed by atoms with Crippen LogP contribution in [0.1, 0.15) is 33.6 Å². The van der Waals surface area contributed by atoms with Crippen LogP contribution in [0.3, 0.4) is 0 Å². The predicted molar refractivity (Wildman–Crippen MR) is 101 cm³/mol. The van der Waals surface area contributed by atoms with E-state index in [2.05, 4.69) is 37.1 Å². The summed E-state index contributed by atoms with van der Waals surface area (Å²) in [5, 5.41) is 0. The van der Waals surface area contributed by atoms with E-state index in [0.29, 0.717) is 12.6 Å². The van der Waals surface area contributed by atoms with Gasteiger partial charge in [-0.3, -0.25) is 9.69 Å². The quantitative estimate of drug-likeness (QED) is 0.856. The second kappa shape index (κ2) is 7.16. The summed E-state index contributed by atoms with van der Waals surface area (Å²) in [6.45, 7) is 9.47. The molecule has 0 saturated carbocycles. The van der Waals surface area contributed by atoms with Crippen LogP contribution in [0, 0.1) is 11.8 Å². The van der Waals surface area contributed by atoms with E-state index in [9.17, 15) is 4.79 Å². The van der Waals surface area contributed by atoms with Gasteiger partial charge in [-0.2, -0.15) is 0 Å². The molecule has 0 aliphatic carbocycles. The molecule has 0 spiro atoms. The van der Waals surface area contributed by atoms with Crippen molar-refractivity contribution in [2.24, 2.45) is 5.41 Å². The standard InChI is InChI=1S/C20H28N3O2/c1-20(2,3)18-7-5-6-10-22(18)11-12-23-17-13-15(25-4)8-9-16(17)21-14-19(23)24/h5,8-9,13-14,18H,6-7,10-12H2,1-4H3. The molecule has 1 unspecified atom stereocenters. The molecule has 0 amide bonds. The predicted octanol–water partition coefficient (Wildman–Crippen LogP) is 3.12. The van der Waals surface area contributed by atoms with Crippen molar-refractivity contribution in [2.75, 3.05) is 20.2 Å². The average Bonchev–Trinajstić information content (AvgIpc) is 2.60. The maximum atomic E-state index is 12.4. The second-order valence-electron chi connectivity index (χ2n) is 7.83. The average molecular weight is 342 g/mol. The van der Waals surface area contributed by atoms with Crippen molar-refractivity contribution >= 4 is 11.0 Å². The zero-order valence-corrected chi connectivity index (χ0v) is 15.7. The summed E-state index contributed by atoms with van der Waals surface area (Å²) in [7, 11) is 1.64. The molecule has 5 nitrogen and oxygen atoms in total. The van der Waals surface area contributed by atoms with Gasteiger partial charge in [0.1, 0.15) is 5.75 Å². The van der Waals surface area contributed by atoms with E-state index in [-0.39, 0.29) is 11.0 Å². The number of hydrogen-bond donors (Lipinski definition) is 0. The Kier molecular flexibility index (Phi) is 5.13. The second-order valence-corrected chi connectivity index (χ2v) is 7.83. The van der Waals surface area contributed by atoms with Gasteiger partial charge in [-0.05, 0) is 43.4 Å². The fraction of sp³-hybridized carbons (Fsp3) is 0.550. The van der Waals surface area contributed by atoms with Gasteiger partial charge in [-0.1, -0.05) is 20.8 Å². The zero-order chi connectivity index (χ0) is 18.0. The molecule has 5 heteroatoms. The van der Waals surface area contributed by atoms with Crippen molar-refractivity contribution in [1.29, 1.82) is 0 Å². The molecule has 1 aromatic heterocycles. The summed E-state index contributed by atoms with van der Waals surface area (Å²) in [6, 6.07) is 6.19. The van der Waals surface area contributed by atoms with Gasteiger partial charge in [-0.25, -0.2) is 4.98 Å². The number of ether oxygens (including phenoxy) is 1. The van der Waals surface area contributed by atoms with Gasteiger partial charge >= 0.3 is 0 Å². The fourth-order valence-electron chi connectivity index (χ4n) is 3.73. The van der Waals surface area contributed by atoms with Gasteiger partial charge in [0.15, 0.2) is 0 Å². The molecule has 135 valence electrons. The van der Waals surface area contributed by atoms with Crippen LogP contribution in [0.15, 0.2) is 29.2 Å². The molecular weight excluding hydrogens is 314 g/mol. The molecule has 3 rings (SSSR count). The molecule has 0 N–H and O–H groups in total. The number of nitrogens with zero attached hydrogens (tertiary/aromatic N) is 3. The number of likely N-dealkylation sites (tertiary alicyclic amines) is 1. The van der Waals surface area contributed by atoms with Crippen molar-refractivity contribution in [1.82, 2.24) is 14.5 Å². The summed E-state index contributed by atoms with van der Waals surface area (Å²) >= 11 is 0. The first kappa shape index (κ1) is 17.9. The van der Waals surface area contributed by atoms with Crippen LogP contribution < -0.4 is 10.3 Å². The van der Waals surface area contributed by atoms with E-state index in [1.807, 2.05) is 22.8 Å². The third-order valence-electron chi connectivity index (χ3n) is 5.12. The smallest absolute Gasteiger partial charge is 0.269 e. The molecule has 1 radical (unpaired) electrons. The highest BCUT2D eigenvalue weighted by Crippen LogP contribution is 2.31. The molecular formula is C20H28N3O2. The topological polar surface area (TPSA) is 47.4 Å². The van der Waals surface area contributed by atoms with Crippen LogP contribution in [0.25, 0.3) is 11.0 Å². The highest BCUT2D eigenvalue weighted by molar-refractivity contribution is 5.76. The van der Waals surface area contributed by atoms with E-state index < -0.39 is 0 Å². The number of fused-ring (bicyclic) bond motifs is 1. The van der Waals surface area contributed by atoms with Gasteiger partial charge in [0.05, 0.1) is 24.3 Å². The maximum absolute atomic E-state index is 12.4. The first-order chi connectivity index (χ1) is 11.9. The van der Waals surface area contributed by atoms with E-state index in [0.717, 1.165) is 42.7 Å². The normalized spacial score (nSPS) is 19.3. The van der Waals surface area contributed by atoms with E-state index in [1.54, 1.807) is 7.11 Å². The minimum Gasteiger partial charge on any atom is -0.497 e. The zero-order valence-electron chi connectivity index (χ0n) is 15.7. The molecule has 1 aliphatic heterocycles. The van der Waals surface area contributed by atoms with Crippen molar-refractivity contribution < 1.29 is 4.74 Å². The Hall–Kier alpha value is -1.88. The third kappa shape index (κ3) is 3.87. The lowest BCUT2D eigenvalue weighted by Gasteiger charge is -2.43. The maximum Gasteiger partial charge on any atom is 0.269 e. The van der Waals surface area contributed by atoms with Crippen LogP contribution in [0.2, 0.25) is 0 Å². The number of methoxy groups -OCH3 is 1. The molecule has 25 heavy (non-hydrogen) atoms. The van der Waals surface area contributed by atoms with Gasteiger partial charge < -0.3 is 9.30 Å². The number of piperidine rings is 1. The number of benzene rings is 1. The van der Waals surface area contributed by atoms with E-state index >= 15 is 0 Å². The van der Waals surface area contributed by atoms with Crippen LogP contribution in [-0.2, 0) is 6.54 Å². The van der Waals surface area contributed by atoms with Crippen LogP contribution in [0.4, 0.5) is 0 Å². The van der Waals surface area contributed by atoms with Gasteiger partial charge in [0, 0.05) is 25.2 Å². The highest BCUT2D eigenvalue weighted by Gasteiger charge is 2.32. The molecule has 0 bridgehead atoms. The largest absolute Gasteiger partial charge is 0.497 e. The Balaban J connectivity index is 1.87. The summed E-state index contributed by atoms with van der Waals surface area (Å²) in [6.07, 6.45) is 6.04. The Labute approximate surface area is 149 Å². The summed E-state index contributed by atoms with van der Waals surface area (Å²) in [5.74, 6) is 0.744. The summed E-state index contributed by atoms with van der Waals surface area (Å²) in [4.78, 5) is 19.2. The van der Waals surface area contributed by atoms with Gasteiger partial charge in [0.2, 0.25) is 0 Å². The molecule has 2 heterocycles. The molecule has 1 saturated heterocycles. The lowest BCUT2D eigenvalue weighted by Crippen LogP contribution is -2.48. The Bertz CT molecular complexity index is 792. The minimum atomic E-state index is -0.0587. The Morgan fingerprint density at radius 2 is 2.08 bits per heavy atom. The van der Waals surface area contributed by atoms with Gasteiger partial charge in [0.25, 0.3) is 5.56 Å². The SMILES string of the molecule is COc1ccc2ncc(=O)n(CCN3CC[CH]CC3C(C)(C)C)c2c1. The summed E-state index contributed by atoms with van der Waals surface area (Å²) in [5.41, 5.74) is 1.82. The van der Waals surface area contributed by atoms with Crippen molar-refractivity contribution in [3.8, 4) is 5.75 Å². The third-order valence-corrected chi connectivity index (χ3v) is 5.12. The van der Waals surface area contributed by atoms with Gasteiger partial charge in [-0.15, -0.1) is 0 Å². The molecule has 1 aliphatic rings. The van der Waals surface area contributed by atoms with Crippen LogP contribution in [-0.4, -0.2) is 40.7 Å². The first-order valence-corrected chi connectivity index (χ1v) is 8.99. The fourth-order valence-corrected chi connectivity index (χ4v) is 3.73. The van der Waals surface area contributed by atoms with E-state index in [4.69, 9.17) is 4.74 Å². The van der Waals surface area contributed by atoms with Crippen LogP contribution >= 0.6 is 0 Å². The molecule has 2 aromatic rings. The number of hydrogen-bond acceptors (Lipinski definition) is 4. The number of rotatable bonds is 4. The highest BCUT2D eigenvalue weighted by atomic mass is 16.5. The Morgan fingerprint density at radius 3 is 2.80 bits per heavy atom. The molecule has 1 fully saturated rings. The van der Waals surface area contributed by atoms with Crippen molar-refractivity contribution in [3.05, 3.63) is 41.2 Å². The van der Waals surface area contributed by atoms with E-state index in [1.165, 1.54) is 6.20 Å². The lowest BCUT2D eigenvalue weighted by molar-refractivity contribution is 0.0776. The summed E-state index contributed by atoms with van der Waals surface area (Å²) < 4.78 is 7.14. The minimum absolute atomic E-state index is 0.0587. The van der Waals surface area contributed by atoms with Crippen molar-refractivity contribution in [2.45, 2.75) is 46.2 Å². The van der Waals surface area contributed by atoms with Crippen molar-refractivity contribution in [3.63, 3.8) is 0 Å². The molecule has 1 atom stereocenters. The number of aromatic nitrogens is 2. The Morgan fingerprint density at radius 1 is 1.28 bits per heavy atom. The lowest BCUT2D eigenvalue weighted by atomic mass is 9.80.